The molecule has 0 bridgehead atoms. The summed E-state index contributed by atoms with van der Waals surface area (Å²) in [5, 5.41) is 5.73. The van der Waals surface area contributed by atoms with E-state index < -0.39 is 23.3 Å². The number of carbonyl (C=O) groups excluding carboxylic acids is 1. The Kier molecular flexibility index (Phi) is 6.74. The molecule has 1 aromatic carbocycles. The molecular formula is C16H24F2N2O2. The normalized spacial score (nSPS) is 12.8. The molecule has 124 valence electrons. The molecule has 0 aliphatic heterocycles. The first kappa shape index (κ1) is 18.4. The van der Waals surface area contributed by atoms with Gasteiger partial charge in [-0.25, -0.2) is 13.6 Å². The number of nitrogens with one attached hydrogen (secondary N) is 2. The zero-order valence-electron chi connectivity index (χ0n) is 13.5. The van der Waals surface area contributed by atoms with Crippen molar-refractivity contribution in [3.05, 3.63) is 35.4 Å². The van der Waals surface area contributed by atoms with Gasteiger partial charge in [0.05, 0.1) is 0 Å². The second-order valence-electron chi connectivity index (χ2n) is 6.10. The highest BCUT2D eigenvalue weighted by molar-refractivity contribution is 5.67. The third kappa shape index (κ3) is 6.39. The zero-order chi connectivity index (χ0) is 16.8. The second kappa shape index (κ2) is 8.08. The number of hydrogen-bond donors (Lipinski definition) is 2. The number of ether oxygens (including phenoxy) is 1. The fourth-order valence-corrected chi connectivity index (χ4v) is 1.88. The minimum Gasteiger partial charge on any atom is -0.444 e. The monoisotopic (exact) mass is 314 g/mol. The maximum Gasteiger partial charge on any atom is 0.407 e. The molecule has 1 aromatic rings. The molecular weight excluding hydrogens is 290 g/mol. The Balaban J connectivity index is 2.27. The number of amides is 1. The molecule has 0 saturated carbocycles. The first-order chi connectivity index (χ1) is 10.2. The van der Waals surface area contributed by atoms with E-state index >= 15 is 0 Å². The molecule has 4 nitrogen and oxygen atoms in total. The summed E-state index contributed by atoms with van der Waals surface area (Å²) in [5.41, 5.74) is -0.230. The Hall–Kier alpha value is -1.69. The van der Waals surface area contributed by atoms with Gasteiger partial charge >= 0.3 is 6.09 Å². The topological polar surface area (TPSA) is 50.4 Å². The van der Waals surface area contributed by atoms with E-state index in [-0.39, 0.29) is 6.04 Å². The standard InChI is InChI=1S/C16H24F2N2O2/c1-11(12-7-5-8-13(17)14(12)18)19-9-6-10-20-15(21)22-16(2,3)4/h5,7-8,11,19H,6,9-10H2,1-4H3,(H,20,21). The van der Waals surface area contributed by atoms with E-state index in [2.05, 4.69) is 10.6 Å². The summed E-state index contributed by atoms with van der Waals surface area (Å²) >= 11 is 0. The molecule has 0 aliphatic carbocycles. The van der Waals surface area contributed by atoms with Crippen LogP contribution in [0.4, 0.5) is 13.6 Å². The summed E-state index contributed by atoms with van der Waals surface area (Å²) in [6.07, 6.45) is 0.192. The lowest BCUT2D eigenvalue weighted by Crippen LogP contribution is -2.34. The molecule has 1 amide bonds. The fraction of sp³-hybridized carbons (Fsp3) is 0.562. The van der Waals surface area contributed by atoms with Crippen molar-refractivity contribution in [1.82, 2.24) is 10.6 Å². The predicted molar refractivity (Wildman–Crippen MR) is 81.6 cm³/mol. The minimum absolute atomic E-state index is 0.292. The van der Waals surface area contributed by atoms with Crippen LogP contribution in [0.2, 0.25) is 0 Å². The third-order valence-electron chi connectivity index (χ3n) is 2.92. The molecule has 22 heavy (non-hydrogen) atoms. The molecule has 1 rings (SSSR count). The molecule has 0 radical (unpaired) electrons. The lowest BCUT2D eigenvalue weighted by molar-refractivity contribution is 0.0527. The Morgan fingerprint density at radius 3 is 2.59 bits per heavy atom. The van der Waals surface area contributed by atoms with Crippen LogP contribution in [-0.2, 0) is 4.74 Å². The van der Waals surface area contributed by atoms with E-state index in [0.29, 0.717) is 25.1 Å². The van der Waals surface area contributed by atoms with Crippen molar-refractivity contribution in [1.29, 1.82) is 0 Å². The van der Waals surface area contributed by atoms with Gasteiger partial charge in [-0.1, -0.05) is 12.1 Å². The van der Waals surface area contributed by atoms with Crippen LogP contribution in [0.5, 0.6) is 0 Å². The van der Waals surface area contributed by atoms with Crippen LogP contribution < -0.4 is 10.6 Å². The van der Waals surface area contributed by atoms with Gasteiger partial charge < -0.3 is 15.4 Å². The van der Waals surface area contributed by atoms with Crippen molar-refractivity contribution < 1.29 is 18.3 Å². The largest absolute Gasteiger partial charge is 0.444 e. The van der Waals surface area contributed by atoms with E-state index in [0.717, 1.165) is 6.07 Å². The molecule has 0 heterocycles. The van der Waals surface area contributed by atoms with Gasteiger partial charge in [0.15, 0.2) is 11.6 Å². The van der Waals surface area contributed by atoms with E-state index in [4.69, 9.17) is 4.74 Å². The minimum atomic E-state index is -0.849. The fourth-order valence-electron chi connectivity index (χ4n) is 1.88. The molecule has 0 aromatic heterocycles. The molecule has 1 atom stereocenters. The zero-order valence-corrected chi connectivity index (χ0v) is 13.5. The summed E-state index contributed by atoms with van der Waals surface area (Å²) < 4.78 is 31.8. The molecule has 0 saturated heterocycles. The van der Waals surface area contributed by atoms with Crippen molar-refractivity contribution in [2.75, 3.05) is 13.1 Å². The van der Waals surface area contributed by atoms with Crippen LogP contribution in [0.25, 0.3) is 0 Å². The number of halogens is 2. The van der Waals surface area contributed by atoms with Crippen LogP contribution in [0.1, 0.15) is 45.7 Å². The quantitative estimate of drug-likeness (QED) is 0.790. The van der Waals surface area contributed by atoms with Crippen molar-refractivity contribution in [2.45, 2.75) is 45.8 Å². The summed E-state index contributed by atoms with van der Waals surface area (Å²) in [6, 6.07) is 3.82. The Morgan fingerprint density at radius 1 is 1.27 bits per heavy atom. The summed E-state index contributed by atoms with van der Waals surface area (Å²) in [7, 11) is 0. The number of hydrogen-bond acceptors (Lipinski definition) is 3. The summed E-state index contributed by atoms with van der Waals surface area (Å²) in [5.74, 6) is -1.67. The number of alkyl carbamates (subject to hydrolysis) is 1. The summed E-state index contributed by atoms with van der Waals surface area (Å²) in [6.45, 7) is 8.16. The van der Waals surface area contributed by atoms with Crippen LogP contribution in [0.15, 0.2) is 18.2 Å². The molecule has 2 N–H and O–H groups in total. The smallest absolute Gasteiger partial charge is 0.407 e. The van der Waals surface area contributed by atoms with Gasteiger partial charge in [0, 0.05) is 18.2 Å². The molecule has 6 heteroatoms. The van der Waals surface area contributed by atoms with Crippen molar-refractivity contribution in [3.63, 3.8) is 0 Å². The first-order valence-electron chi connectivity index (χ1n) is 7.35. The van der Waals surface area contributed by atoms with E-state index in [1.807, 2.05) is 0 Å². The Morgan fingerprint density at radius 2 is 1.95 bits per heavy atom. The van der Waals surface area contributed by atoms with Crippen molar-refractivity contribution in [2.24, 2.45) is 0 Å². The van der Waals surface area contributed by atoms with E-state index in [1.165, 1.54) is 6.07 Å². The van der Waals surface area contributed by atoms with Gasteiger partial charge in [0.25, 0.3) is 0 Å². The number of rotatable bonds is 6. The Labute approximate surface area is 130 Å². The molecule has 0 spiro atoms. The van der Waals surface area contributed by atoms with Gasteiger partial charge in [0.2, 0.25) is 0 Å². The summed E-state index contributed by atoms with van der Waals surface area (Å²) in [4.78, 5) is 11.4. The van der Waals surface area contributed by atoms with Gasteiger partial charge in [0.1, 0.15) is 5.60 Å². The van der Waals surface area contributed by atoms with Gasteiger partial charge in [-0.3, -0.25) is 0 Å². The van der Waals surface area contributed by atoms with Crippen LogP contribution in [0, 0.1) is 11.6 Å². The first-order valence-corrected chi connectivity index (χ1v) is 7.35. The molecule has 0 aliphatic rings. The second-order valence-corrected chi connectivity index (χ2v) is 6.10. The third-order valence-corrected chi connectivity index (χ3v) is 2.92. The number of carbonyl (C=O) groups is 1. The highest BCUT2D eigenvalue weighted by atomic mass is 19.2. The van der Waals surface area contributed by atoms with Crippen molar-refractivity contribution >= 4 is 6.09 Å². The lowest BCUT2D eigenvalue weighted by Gasteiger charge is -2.20. The van der Waals surface area contributed by atoms with Crippen LogP contribution in [0.3, 0.4) is 0 Å². The van der Waals surface area contributed by atoms with E-state index in [1.54, 1.807) is 33.8 Å². The highest BCUT2D eigenvalue weighted by Gasteiger charge is 2.16. The maximum atomic E-state index is 13.6. The number of benzene rings is 1. The van der Waals surface area contributed by atoms with E-state index in [9.17, 15) is 13.6 Å². The Bertz CT molecular complexity index is 501. The van der Waals surface area contributed by atoms with Gasteiger partial charge in [-0.15, -0.1) is 0 Å². The van der Waals surface area contributed by atoms with Crippen LogP contribution in [-0.4, -0.2) is 24.8 Å². The lowest BCUT2D eigenvalue weighted by atomic mass is 10.1. The average Bonchev–Trinajstić information content (AvgIpc) is 2.39. The molecule has 1 unspecified atom stereocenters. The average molecular weight is 314 g/mol. The van der Waals surface area contributed by atoms with Gasteiger partial charge in [-0.2, -0.15) is 0 Å². The van der Waals surface area contributed by atoms with Crippen LogP contribution >= 0.6 is 0 Å². The highest BCUT2D eigenvalue weighted by Crippen LogP contribution is 2.18. The maximum absolute atomic E-state index is 13.6. The SMILES string of the molecule is CC(NCCCNC(=O)OC(C)(C)C)c1cccc(F)c1F. The predicted octanol–water partition coefficient (Wildman–Crippen LogP) is 3.53. The van der Waals surface area contributed by atoms with Gasteiger partial charge in [-0.05, 0) is 46.7 Å². The van der Waals surface area contributed by atoms with Crippen molar-refractivity contribution in [3.8, 4) is 0 Å². The molecule has 0 fully saturated rings.